The summed E-state index contributed by atoms with van der Waals surface area (Å²) in [6.07, 6.45) is 0. The van der Waals surface area contributed by atoms with Crippen molar-refractivity contribution in [1.82, 2.24) is 0 Å². The van der Waals surface area contributed by atoms with Crippen LogP contribution >= 0.6 is 27.3 Å². The molecular weight excluding hydrogens is 314 g/mol. The number of thiophene rings is 1. The minimum Gasteiger partial charge on any atom is -0.493 e. The fraction of sp³-hybridized carbons (Fsp3) is 0.231. The van der Waals surface area contributed by atoms with Gasteiger partial charge in [0.25, 0.3) is 0 Å². The van der Waals surface area contributed by atoms with Gasteiger partial charge in [-0.25, -0.2) is 0 Å². The number of halogens is 1. The third-order valence-electron chi connectivity index (χ3n) is 2.56. The molecule has 0 unspecified atom stereocenters. The topological polar surface area (TPSA) is 30.5 Å². The Balaban J connectivity index is 2.17. The van der Waals surface area contributed by atoms with Gasteiger partial charge in [-0.05, 0) is 29.1 Å². The van der Waals surface area contributed by atoms with Crippen molar-refractivity contribution in [2.75, 3.05) is 19.5 Å². The van der Waals surface area contributed by atoms with Gasteiger partial charge < -0.3 is 14.8 Å². The van der Waals surface area contributed by atoms with E-state index in [1.54, 1.807) is 25.6 Å². The van der Waals surface area contributed by atoms with Gasteiger partial charge in [0.1, 0.15) is 0 Å². The van der Waals surface area contributed by atoms with Gasteiger partial charge >= 0.3 is 0 Å². The molecule has 0 aliphatic rings. The second-order valence-corrected chi connectivity index (χ2v) is 5.30. The molecule has 2 rings (SSSR count). The molecule has 1 aromatic heterocycles. The monoisotopic (exact) mass is 327 g/mol. The molecule has 18 heavy (non-hydrogen) atoms. The maximum absolute atomic E-state index is 5.30. The molecule has 5 heteroatoms. The summed E-state index contributed by atoms with van der Waals surface area (Å²) < 4.78 is 11.5. The zero-order valence-electron chi connectivity index (χ0n) is 10.2. The predicted molar refractivity (Wildman–Crippen MR) is 78.9 cm³/mol. The molecule has 0 saturated heterocycles. The molecule has 1 N–H and O–H groups in total. The summed E-state index contributed by atoms with van der Waals surface area (Å²) in [5.41, 5.74) is 2.25. The van der Waals surface area contributed by atoms with E-state index in [-0.39, 0.29) is 0 Å². The van der Waals surface area contributed by atoms with Gasteiger partial charge in [0.05, 0.1) is 14.2 Å². The lowest BCUT2D eigenvalue weighted by atomic mass is 10.2. The lowest BCUT2D eigenvalue weighted by Crippen LogP contribution is -2.01. The quantitative estimate of drug-likeness (QED) is 0.895. The van der Waals surface area contributed by atoms with Crippen LogP contribution in [-0.2, 0) is 6.54 Å². The first-order valence-corrected chi connectivity index (χ1v) is 7.14. The Morgan fingerprint density at radius 2 is 1.94 bits per heavy atom. The van der Waals surface area contributed by atoms with Crippen LogP contribution in [0.5, 0.6) is 11.5 Å². The molecule has 0 aliphatic heterocycles. The van der Waals surface area contributed by atoms with Gasteiger partial charge in [0.15, 0.2) is 11.5 Å². The average Bonchev–Trinajstić information content (AvgIpc) is 2.90. The van der Waals surface area contributed by atoms with Crippen LogP contribution in [0.2, 0.25) is 0 Å². The van der Waals surface area contributed by atoms with Crippen molar-refractivity contribution in [3.05, 3.63) is 39.0 Å². The van der Waals surface area contributed by atoms with E-state index >= 15 is 0 Å². The third kappa shape index (κ3) is 2.97. The summed E-state index contributed by atoms with van der Waals surface area (Å²) in [4.78, 5) is 0. The smallest absolute Gasteiger partial charge is 0.161 e. The summed E-state index contributed by atoms with van der Waals surface area (Å²) >= 11 is 5.22. The zero-order valence-corrected chi connectivity index (χ0v) is 12.6. The number of methoxy groups -OCH3 is 2. The van der Waals surface area contributed by atoms with Gasteiger partial charge in [-0.15, -0.1) is 0 Å². The first-order chi connectivity index (χ1) is 8.74. The van der Waals surface area contributed by atoms with Gasteiger partial charge in [-0.1, -0.05) is 15.9 Å². The molecule has 96 valence electrons. The van der Waals surface area contributed by atoms with E-state index in [0.717, 1.165) is 33.8 Å². The van der Waals surface area contributed by atoms with Gasteiger partial charge in [-0.3, -0.25) is 0 Å². The number of hydrogen-bond donors (Lipinski definition) is 1. The fourth-order valence-electron chi connectivity index (χ4n) is 1.59. The van der Waals surface area contributed by atoms with Crippen molar-refractivity contribution < 1.29 is 9.47 Å². The molecule has 0 aliphatic carbocycles. The Morgan fingerprint density at radius 3 is 2.56 bits per heavy atom. The van der Waals surface area contributed by atoms with E-state index < -0.39 is 0 Å². The third-order valence-corrected chi connectivity index (χ3v) is 3.98. The van der Waals surface area contributed by atoms with Crippen LogP contribution in [0, 0.1) is 0 Å². The Bertz CT molecular complexity index is 514. The number of nitrogens with one attached hydrogen (secondary N) is 1. The highest BCUT2D eigenvalue weighted by Gasteiger charge is 2.09. The second-order valence-electron chi connectivity index (χ2n) is 3.66. The predicted octanol–water partition coefficient (Wildman–Crippen LogP) is 4.14. The average molecular weight is 328 g/mol. The minimum absolute atomic E-state index is 0.726. The summed E-state index contributed by atoms with van der Waals surface area (Å²) in [6, 6.07) is 5.95. The summed E-state index contributed by atoms with van der Waals surface area (Å²) in [5, 5.41) is 7.48. The summed E-state index contributed by atoms with van der Waals surface area (Å²) in [5.74, 6) is 1.46. The van der Waals surface area contributed by atoms with E-state index in [1.165, 1.54) is 0 Å². The lowest BCUT2D eigenvalue weighted by molar-refractivity contribution is 0.354. The summed E-state index contributed by atoms with van der Waals surface area (Å²) in [6.45, 7) is 0.734. The molecular formula is C13H14BrNO2S. The number of ether oxygens (including phenoxy) is 2. The maximum atomic E-state index is 5.30. The van der Waals surface area contributed by atoms with Crippen molar-refractivity contribution in [2.24, 2.45) is 0 Å². The Labute approximate surface area is 119 Å². The van der Waals surface area contributed by atoms with Crippen LogP contribution in [0.4, 0.5) is 5.69 Å². The molecule has 0 bridgehead atoms. The lowest BCUT2D eigenvalue weighted by Gasteiger charge is -2.12. The highest BCUT2D eigenvalue weighted by Crippen LogP contribution is 2.33. The zero-order chi connectivity index (χ0) is 13.0. The van der Waals surface area contributed by atoms with Crippen molar-refractivity contribution in [3.63, 3.8) is 0 Å². The number of rotatable bonds is 5. The number of hydrogen-bond acceptors (Lipinski definition) is 4. The fourth-order valence-corrected chi connectivity index (χ4v) is 2.67. The van der Waals surface area contributed by atoms with Crippen LogP contribution in [0.3, 0.4) is 0 Å². The Hall–Kier alpha value is -1.20. The van der Waals surface area contributed by atoms with Crippen LogP contribution in [0.1, 0.15) is 5.56 Å². The van der Waals surface area contributed by atoms with E-state index in [9.17, 15) is 0 Å². The minimum atomic E-state index is 0.726. The van der Waals surface area contributed by atoms with Crippen LogP contribution in [0.25, 0.3) is 0 Å². The van der Waals surface area contributed by atoms with E-state index in [1.807, 2.05) is 17.5 Å². The van der Waals surface area contributed by atoms with Gasteiger partial charge in [-0.2, -0.15) is 11.3 Å². The molecule has 0 atom stereocenters. The van der Waals surface area contributed by atoms with Crippen molar-refractivity contribution >= 4 is 33.0 Å². The SMILES string of the molecule is COc1cc(Br)c(CNc2ccsc2)cc1OC. The van der Waals surface area contributed by atoms with E-state index in [2.05, 4.69) is 32.7 Å². The normalized spacial score (nSPS) is 10.2. The molecule has 1 heterocycles. The van der Waals surface area contributed by atoms with Crippen LogP contribution in [-0.4, -0.2) is 14.2 Å². The van der Waals surface area contributed by atoms with Crippen molar-refractivity contribution in [1.29, 1.82) is 0 Å². The molecule has 0 radical (unpaired) electrons. The highest BCUT2D eigenvalue weighted by atomic mass is 79.9. The highest BCUT2D eigenvalue weighted by molar-refractivity contribution is 9.10. The molecule has 1 aromatic carbocycles. The largest absolute Gasteiger partial charge is 0.493 e. The second kappa shape index (κ2) is 6.11. The summed E-state index contributed by atoms with van der Waals surface area (Å²) in [7, 11) is 3.27. The first-order valence-electron chi connectivity index (χ1n) is 5.41. The van der Waals surface area contributed by atoms with Crippen molar-refractivity contribution in [3.8, 4) is 11.5 Å². The van der Waals surface area contributed by atoms with Crippen LogP contribution in [0.15, 0.2) is 33.4 Å². The molecule has 3 nitrogen and oxygen atoms in total. The van der Waals surface area contributed by atoms with E-state index in [4.69, 9.17) is 9.47 Å². The number of anilines is 1. The van der Waals surface area contributed by atoms with Gasteiger partial charge in [0, 0.05) is 22.1 Å². The molecule has 0 amide bonds. The molecule has 0 saturated carbocycles. The Kier molecular flexibility index (Phi) is 4.49. The molecule has 2 aromatic rings. The Morgan fingerprint density at radius 1 is 1.22 bits per heavy atom. The number of benzene rings is 1. The van der Waals surface area contributed by atoms with Crippen molar-refractivity contribution in [2.45, 2.75) is 6.54 Å². The first kappa shape index (κ1) is 13.2. The maximum Gasteiger partial charge on any atom is 0.161 e. The molecule has 0 spiro atoms. The van der Waals surface area contributed by atoms with E-state index in [0.29, 0.717) is 0 Å². The molecule has 0 fully saturated rings. The standard InChI is InChI=1S/C13H14BrNO2S/c1-16-12-5-9(11(14)6-13(12)17-2)7-15-10-3-4-18-8-10/h3-6,8,15H,7H2,1-2H3. The van der Waals surface area contributed by atoms with Gasteiger partial charge in [0.2, 0.25) is 0 Å². The van der Waals surface area contributed by atoms with Crippen LogP contribution < -0.4 is 14.8 Å².